The van der Waals surface area contributed by atoms with E-state index in [0.29, 0.717) is 42.4 Å². The van der Waals surface area contributed by atoms with Crippen LogP contribution in [-0.4, -0.2) is 49.9 Å². The second-order valence-corrected chi connectivity index (χ2v) is 9.89. The van der Waals surface area contributed by atoms with Crippen molar-refractivity contribution in [1.29, 1.82) is 0 Å². The molecule has 1 N–H and O–H groups in total. The minimum atomic E-state index is -0.230. The minimum Gasteiger partial charge on any atom is -0.494 e. The van der Waals surface area contributed by atoms with E-state index in [1.54, 1.807) is 12.1 Å². The molecule has 0 fully saturated rings. The van der Waals surface area contributed by atoms with Crippen molar-refractivity contribution in [2.45, 2.75) is 39.7 Å². The van der Waals surface area contributed by atoms with Gasteiger partial charge in [0.2, 0.25) is 5.75 Å². The van der Waals surface area contributed by atoms with E-state index in [1.807, 2.05) is 44.2 Å². The van der Waals surface area contributed by atoms with Crippen LogP contribution in [-0.2, 0) is 13.0 Å². The fraction of sp³-hybridized carbons (Fsp3) is 0.355. The quantitative estimate of drug-likeness (QED) is 0.195. The lowest BCUT2D eigenvalue weighted by atomic mass is 10.1. The molecule has 1 amide bonds. The number of aryl methyl sites for hydroxylation is 3. The summed E-state index contributed by atoms with van der Waals surface area (Å²) in [5.74, 6) is 2.84. The van der Waals surface area contributed by atoms with Gasteiger partial charge in [0, 0.05) is 30.1 Å². The van der Waals surface area contributed by atoms with Crippen molar-refractivity contribution in [3.8, 4) is 23.0 Å². The Bertz CT molecular complexity index is 1440. The molecule has 0 unspecified atom stereocenters. The Labute approximate surface area is 240 Å². The first-order chi connectivity index (χ1) is 19.4. The topological polar surface area (TPSA) is 83.8 Å². The van der Waals surface area contributed by atoms with Crippen LogP contribution in [0.5, 0.6) is 23.0 Å². The Kier molecular flexibility index (Phi) is 9.77. The van der Waals surface area contributed by atoms with Gasteiger partial charge in [-0.2, -0.15) is 0 Å². The van der Waals surface area contributed by atoms with E-state index in [2.05, 4.69) is 16.0 Å². The second kappa shape index (κ2) is 13.4. The molecule has 1 heterocycles. The molecule has 0 bridgehead atoms. The van der Waals surface area contributed by atoms with Gasteiger partial charge < -0.3 is 28.8 Å². The predicted octanol–water partition coefficient (Wildman–Crippen LogP) is 6.16. The average Bonchev–Trinajstić information content (AvgIpc) is 3.31. The van der Waals surface area contributed by atoms with Gasteiger partial charge in [0.05, 0.1) is 39.0 Å². The van der Waals surface area contributed by atoms with Crippen molar-refractivity contribution >= 4 is 28.5 Å². The molecule has 40 heavy (non-hydrogen) atoms. The van der Waals surface area contributed by atoms with E-state index in [1.165, 1.54) is 21.3 Å². The summed E-state index contributed by atoms with van der Waals surface area (Å²) in [6, 6.07) is 15.3. The molecular weight excluding hydrogens is 530 g/mol. The second-order valence-electron chi connectivity index (χ2n) is 9.51. The number of hydrogen-bond acceptors (Lipinski definition) is 6. The first-order valence-corrected chi connectivity index (χ1v) is 13.7. The maximum atomic E-state index is 12.9. The summed E-state index contributed by atoms with van der Waals surface area (Å²) in [6.07, 6.45) is 2.41. The van der Waals surface area contributed by atoms with Crippen LogP contribution in [0.3, 0.4) is 0 Å². The number of amides is 1. The number of hydrogen-bond donors (Lipinski definition) is 1. The lowest BCUT2D eigenvalue weighted by Gasteiger charge is -2.14. The Morgan fingerprint density at radius 2 is 1.62 bits per heavy atom. The van der Waals surface area contributed by atoms with Crippen molar-refractivity contribution in [1.82, 2.24) is 14.9 Å². The standard InChI is InChI=1S/C31H36ClN3O5/c1-20-16-23(17-21(2)29(20)32)40-15-9-8-14-35-25-11-7-6-10-24(25)34-28(35)12-13-33-31(36)22-18-26(37-3)30(39-5)27(19-22)38-4/h6-7,10-11,16-19H,8-9,12-15H2,1-5H3,(H,33,36). The number of carbonyl (C=O) groups is 1. The number of benzene rings is 3. The lowest BCUT2D eigenvalue weighted by molar-refractivity contribution is 0.0953. The predicted molar refractivity (Wildman–Crippen MR) is 158 cm³/mol. The Hall–Kier alpha value is -3.91. The number of carbonyl (C=O) groups excluding carboxylic acids is 1. The summed E-state index contributed by atoms with van der Waals surface area (Å²) in [7, 11) is 4.57. The summed E-state index contributed by atoms with van der Waals surface area (Å²) in [5.41, 5.74) is 4.48. The molecule has 8 nitrogen and oxygen atoms in total. The third-order valence-corrected chi connectivity index (χ3v) is 7.35. The maximum absolute atomic E-state index is 12.9. The molecule has 0 radical (unpaired) electrons. The SMILES string of the molecule is COc1cc(C(=O)NCCc2nc3ccccc3n2CCCCOc2cc(C)c(Cl)c(C)c2)cc(OC)c1OC. The molecule has 0 spiro atoms. The van der Waals surface area contributed by atoms with Crippen molar-refractivity contribution in [2.75, 3.05) is 34.5 Å². The molecule has 0 aliphatic rings. The van der Waals surface area contributed by atoms with Gasteiger partial charge in [0.15, 0.2) is 11.5 Å². The number of imidazole rings is 1. The van der Waals surface area contributed by atoms with Gasteiger partial charge in [-0.25, -0.2) is 4.98 Å². The van der Waals surface area contributed by atoms with Gasteiger partial charge in [0.1, 0.15) is 11.6 Å². The largest absolute Gasteiger partial charge is 0.494 e. The van der Waals surface area contributed by atoms with Crippen LogP contribution in [0.2, 0.25) is 5.02 Å². The Balaban J connectivity index is 1.37. The third-order valence-electron chi connectivity index (χ3n) is 6.75. The fourth-order valence-corrected chi connectivity index (χ4v) is 4.83. The lowest BCUT2D eigenvalue weighted by Crippen LogP contribution is -2.26. The average molecular weight is 566 g/mol. The fourth-order valence-electron chi connectivity index (χ4n) is 4.72. The van der Waals surface area contributed by atoms with Crippen LogP contribution in [0.4, 0.5) is 0 Å². The first-order valence-electron chi connectivity index (χ1n) is 13.3. The highest BCUT2D eigenvalue weighted by Gasteiger charge is 2.17. The van der Waals surface area contributed by atoms with Crippen LogP contribution in [0.15, 0.2) is 48.5 Å². The van der Waals surface area contributed by atoms with Crippen molar-refractivity contribution in [2.24, 2.45) is 0 Å². The van der Waals surface area contributed by atoms with E-state index >= 15 is 0 Å². The van der Waals surface area contributed by atoms with E-state index in [0.717, 1.165) is 58.1 Å². The Morgan fingerprint density at radius 1 is 0.950 bits per heavy atom. The van der Waals surface area contributed by atoms with Crippen LogP contribution in [0.25, 0.3) is 11.0 Å². The molecule has 9 heteroatoms. The van der Waals surface area contributed by atoms with Gasteiger partial charge in [0.25, 0.3) is 5.91 Å². The monoisotopic (exact) mass is 565 g/mol. The summed E-state index contributed by atoms with van der Waals surface area (Å²) < 4.78 is 24.3. The van der Waals surface area contributed by atoms with E-state index in [9.17, 15) is 4.79 Å². The molecule has 1 aromatic heterocycles. The molecule has 0 aliphatic carbocycles. The summed E-state index contributed by atoms with van der Waals surface area (Å²) in [5, 5.41) is 3.78. The van der Waals surface area contributed by atoms with E-state index in [4.69, 9.17) is 35.5 Å². The summed E-state index contributed by atoms with van der Waals surface area (Å²) in [6.45, 7) is 5.82. The number of nitrogens with one attached hydrogen (secondary N) is 1. The van der Waals surface area contributed by atoms with Gasteiger partial charge in [-0.15, -0.1) is 0 Å². The number of ether oxygens (including phenoxy) is 4. The third kappa shape index (κ3) is 6.62. The zero-order valence-corrected chi connectivity index (χ0v) is 24.4. The normalized spacial score (nSPS) is 10.9. The smallest absolute Gasteiger partial charge is 0.251 e. The van der Waals surface area contributed by atoms with Gasteiger partial charge in [-0.1, -0.05) is 23.7 Å². The van der Waals surface area contributed by atoms with Crippen LogP contribution in [0.1, 0.15) is 40.2 Å². The number of nitrogens with zero attached hydrogens (tertiary/aromatic N) is 2. The van der Waals surface area contributed by atoms with E-state index in [-0.39, 0.29) is 5.91 Å². The van der Waals surface area contributed by atoms with Crippen molar-refractivity contribution < 1.29 is 23.7 Å². The van der Waals surface area contributed by atoms with E-state index < -0.39 is 0 Å². The highest BCUT2D eigenvalue weighted by Crippen LogP contribution is 2.38. The van der Waals surface area contributed by atoms with Crippen molar-refractivity contribution in [3.63, 3.8) is 0 Å². The van der Waals surface area contributed by atoms with Crippen molar-refractivity contribution in [3.05, 3.63) is 76.1 Å². The van der Waals surface area contributed by atoms with Crippen LogP contribution >= 0.6 is 11.6 Å². The number of aromatic nitrogens is 2. The summed E-state index contributed by atoms with van der Waals surface area (Å²) in [4.78, 5) is 17.8. The van der Waals surface area contributed by atoms with Gasteiger partial charge in [-0.05, 0) is 74.2 Å². The molecule has 0 saturated heterocycles. The molecule has 0 aliphatic heterocycles. The molecule has 4 rings (SSSR count). The van der Waals surface area contributed by atoms with Crippen LogP contribution in [0, 0.1) is 13.8 Å². The molecule has 212 valence electrons. The number of fused-ring (bicyclic) bond motifs is 1. The van der Waals surface area contributed by atoms with Gasteiger partial charge in [-0.3, -0.25) is 4.79 Å². The minimum absolute atomic E-state index is 0.230. The molecule has 3 aromatic carbocycles. The maximum Gasteiger partial charge on any atom is 0.251 e. The molecular formula is C31H36ClN3O5. The number of methoxy groups -OCH3 is 3. The number of unbranched alkanes of at least 4 members (excludes halogenated alkanes) is 1. The zero-order valence-electron chi connectivity index (χ0n) is 23.7. The molecule has 4 aromatic rings. The molecule has 0 atom stereocenters. The number of halogens is 1. The Morgan fingerprint density at radius 3 is 2.27 bits per heavy atom. The van der Waals surface area contributed by atoms with Crippen LogP contribution < -0.4 is 24.3 Å². The highest BCUT2D eigenvalue weighted by molar-refractivity contribution is 6.32. The number of rotatable bonds is 13. The zero-order chi connectivity index (χ0) is 28.6. The summed E-state index contributed by atoms with van der Waals surface area (Å²) >= 11 is 6.27. The number of para-hydroxylation sites is 2. The highest BCUT2D eigenvalue weighted by atomic mass is 35.5. The molecule has 0 saturated carbocycles. The van der Waals surface area contributed by atoms with Gasteiger partial charge >= 0.3 is 0 Å². The first kappa shape index (κ1) is 29.1.